The first kappa shape index (κ1) is 12.5. The van der Waals surface area contributed by atoms with Crippen molar-refractivity contribution in [1.82, 2.24) is 4.98 Å². The van der Waals surface area contributed by atoms with E-state index in [1.54, 1.807) is 12.1 Å². The average molecular weight is 377 g/mol. The number of pyridine rings is 1. The van der Waals surface area contributed by atoms with Crippen LogP contribution in [-0.4, -0.2) is 10.9 Å². The van der Waals surface area contributed by atoms with E-state index >= 15 is 0 Å². The number of nitrogen functional groups attached to an aromatic ring is 1. The number of hydrogen-bond donors (Lipinski definition) is 2. The lowest BCUT2D eigenvalue weighted by molar-refractivity contribution is 0.103. The summed E-state index contributed by atoms with van der Waals surface area (Å²) in [6.07, 6.45) is 1.49. The molecule has 3 N–H and O–H groups in total. The fourth-order valence-electron chi connectivity index (χ4n) is 1.15. The predicted octanol–water partition coefficient (Wildman–Crippen LogP) is 3.50. The smallest absolute Gasteiger partial charge is 0.266 e. The fourth-order valence-corrected chi connectivity index (χ4v) is 2.90. The molecule has 0 bridgehead atoms. The Balaban J connectivity index is 2.18. The second kappa shape index (κ2) is 5.16. The highest BCUT2D eigenvalue weighted by atomic mass is 79.9. The average Bonchev–Trinajstić information content (AvgIpc) is 2.69. The van der Waals surface area contributed by atoms with Crippen LogP contribution in [0.3, 0.4) is 0 Å². The van der Waals surface area contributed by atoms with Gasteiger partial charge in [-0.1, -0.05) is 0 Å². The first-order chi connectivity index (χ1) is 8.06. The molecule has 0 aliphatic carbocycles. The van der Waals surface area contributed by atoms with Crippen LogP contribution >= 0.6 is 43.2 Å². The minimum atomic E-state index is -0.196. The molecule has 0 aliphatic heterocycles. The number of halogens is 2. The van der Waals surface area contributed by atoms with Gasteiger partial charge in [-0.05, 0) is 50.1 Å². The van der Waals surface area contributed by atoms with Crippen molar-refractivity contribution in [3.8, 4) is 0 Å². The zero-order valence-corrected chi connectivity index (χ0v) is 12.4. The fraction of sp³-hybridized carbons (Fsp3) is 0. The Kier molecular flexibility index (Phi) is 3.80. The molecule has 0 saturated carbocycles. The van der Waals surface area contributed by atoms with Crippen LogP contribution < -0.4 is 11.1 Å². The van der Waals surface area contributed by atoms with E-state index in [-0.39, 0.29) is 5.91 Å². The molecule has 17 heavy (non-hydrogen) atoms. The first-order valence-corrected chi connectivity index (χ1v) is 6.94. The van der Waals surface area contributed by atoms with Crippen LogP contribution in [0.25, 0.3) is 0 Å². The molecule has 0 fully saturated rings. The highest BCUT2D eigenvalue weighted by molar-refractivity contribution is 9.11. The van der Waals surface area contributed by atoms with Crippen LogP contribution in [0.1, 0.15) is 9.67 Å². The summed E-state index contributed by atoms with van der Waals surface area (Å²) in [5.41, 5.74) is 6.10. The van der Waals surface area contributed by atoms with Gasteiger partial charge in [-0.3, -0.25) is 4.79 Å². The molecule has 0 saturated heterocycles. The number of nitrogens with zero attached hydrogens (tertiary/aromatic N) is 1. The summed E-state index contributed by atoms with van der Waals surface area (Å²) in [5, 5.41) is 2.70. The monoisotopic (exact) mass is 375 g/mol. The number of anilines is 2. The first-order valence-electron chi connectivity index (χ1n) is 4.54. The zero-order chi connectivity index (χ0) is 12.4. The molecule has 2 aromatic heterocycles. The molecule has 0 aromatic carbocycles. The molecule has 0 unspecified atom stereocenters. The molecule has 0 aliphatic rings. The summed E-state index contributed by atoms with van der Waals surface area (Å²) in [6, 6.07) is 5.26. The molecule has 2 heterocycles. The van der Waals surface area contributed by atoms with Crippen molar-refractivity contribution in [2.24, 2.45) is 0 Å². The number of rotatable bonds is 2. The van der Waals surface area contributed by atoms with Crippen molar-refractivity contribution in [2.45, 2.75) is 0 Å². The van der Waals surface area contributed by atoms with E-state index in [0.29, 0.717) is 20.9 Å². The standard InChI is InChI=1S/C10H7Br2N3OS/c11-6-3-5(13)4-14-9(6)15-10(16)7-1-2-8(12)17-7/h1-4H,13H2,(H,14,15,16). The van der Waals surface area contributed by atoms with E-state index in [1.807, 2.05) is 6.07 Å². The van der Waals surface area contributed by atoms with Crippen LogP contribution in [-0.2, 0) is 0 Å². The van der Waals surface area contributed by atoms with Crippen molar-refractivity contribution in [3.63, 3.8) is 0 Å². The highest BCUT2D eigenvalue weighted by Gasteiger charge is 2.11. The van der Waals surface area contributed by atoms with Gasteiger partial charge in [-0.15, -0.1) is 11.3 Å². The predicted molar refractivity (Wildman–Crippen MR) is 76.3 cm³/mol. The minimum Gasteiger partial charge on any atom is -0.397 e. The molecule has 0 spiro atoms. The molecule has 0 radical (unpaired) electrons. The maximum Gasteiger partial charge on any atom is 0.266 e. The van der Waals surface area contributed by atoms with Crippen molar-refractivity contribution >= 4 is 60.6 Å². The van der Waals surface area contributed by atoms with E-state index in [0.717, 1.165) is 3.79 Å². The van der Waals surface area contributed by atoms with Gasteiger partial charge in [0.25, 0.3) is 5.91 Å². The number of hydrogen-bond acceptors (Lipinski definition) is 4. The van der Waals surface area contributed by atoms with Crippen LogP contribution in [0.5, 0.6) is 0 Å². The third kappa shape index (κ3) is 3.05. The van der Waals surface area contributed by atoms with Gasteiger partial charge < -0.3 is 11.1 Å². The molecule has 0 atom stereocenters. The van der Waals surface area contributed by atoms with Crippen molar-refractivity contribution in [2.75, 3.05) is 11.1 Å². The summed E-state index contributed by atoms with van der Waals surface area (Å²) in [7, 11) is 0. The Bertz CT molecular complexity index is 570. The van der Waals surface area contributed by atoms with Gasteiger partial charge in [0.15, 0.2) is 0 Å². The third-order valence-corrected chi connectivity index (χ3v) is 4.12. The van der Waals surface area contributed by atoms with Gasteiger partial charge in [0, 0.05) is 0 Å². The van der Waals surface area contributed by atoms with Gasteiger partial charge in [0.1, 0.15) is 5.82 Å². The quantitative estimate of drug-likeness (QED) is 0.842. The van der Waals surface area contributed by atoms with E-state index in [2.05, 4.69) is 42.2 Å². The largest absolute Gasteiger partial charge is 0.397 e. The molecule has 2 aromatic rings. The Labute approximate surface area is 118 Å². The molecule has 4 nitrogen and oxygen atoms in total. The number of nitrogens with two attached hydrogens (primary N) is 1. The number of carbonyl (C=O) groups is 1. The van der Waals surface area contributed by atoms with E-state index in [4.69, 9.17) is 5.73 Å². The number of carbonyl (C=O) groups excluding carboxylic acids is 1. The second-order valence-corrected chi connectivity index (χ2v) is 6.47. The zero-order valence-electron chi connectivity index (χ0n) is 8.41. The summed E-state index contributed by atoms with van der Waals surface area (Å²) in [5.74, 6) is 0.257. The number of thiophene rings is 1. The van der Waals surface area contributed by atoms with Gasteiger partial charge in [0.2, 0.25) is 0 Å². The van der Waals surface area contributed by atoms with Gasteiger partial charge in [-0.25, -0.2) is 4.98 Å². The Morgan fingerprint density at radius 2 is 2.18 bits per heavy atom. The highest BCUT2D eigenvalue weighted by Crippen LogP contribution is 2.25. The third-order valence-electron chi connectivity index (χ3n) is 1.89. The Hall–Kier alpha value is -0.920. The van der Waals surface area contributed by atoms with E-state index < -0.39 is 0 Å². The SMILES string of the molecule is Nc1cnc(NC(=O)c2ccc(Br)s2)c(Br)c1. The number of nitrogens with one attached hydrogen (secondary N) is 1. The molecule has 2 rings (SSSR count). The lowest BCUT2D eigenvalue weighted by Crippen LogP contribution is -2.11. The van der Waals surface area contributed by atoms with Gasteiger partial charge >= 0.3 is 0 Å². The second-order valence-electron chi connectivity index (χ2n) is 3.16. The summed E-state index contributed by atoms with van der Waals surface area (Å²) in [6.45, 7) is 0. The van der Waals surface area contributed by atoms with Crippen molar-refractivity contribution in [1.29, 1.82) is 0 Å². The maximum absolute atomic E-state index is 11.9. The molecule has 88 valence electrons. The molecular formula is C10H7Br2N3OS. The number of amides is 1. The molecular weight excluding hydrogens is 370 g/mol. The van der Waals surface area contributed by atoms with E-state index in [9.17, 15) is 4.79 Å². The number of aromatic nitrogens is 1. The Morgan fingerprint density at radius 3 is 2.76 bits per heavy atom. The minimum absolute atomic E-state index is 0.196. The van der Waals surface area contributed by atoms with Crippen LogP contribution in [0.15, 0.2) is 32.7 Å². The van der Waals surface area contributed by atoms with Gasteiger partial charge in [-0.2, -0.15) is 0 Å². The van der Waals surface area contributed by atoms with Crippen molar-refractivity contribution < 1.29 is 4.79 Å². The topological polar surface area (TPSA) is 68.0 Å². The lowest BCUT2D eigenvalue weighted by Gasteiger charge is -2.05. The normalized spacial score (nSPS) is 10.2. The van der Waals surface area contributed by atoms with E-state index in [1.165, 1.54) is 17.5 Å². The van der Waals surface area contributed by atoms with Crippen LogP contribution in [0, 0.1) is 0 Å². The van der Waals surface area contributed by atoms with Crippen LogP contribution in [0.2, 0.25) is 0 Å². The van der Waals surface area contributed by atoms with Crippen molar-refractivity contribution in [3.05, 3.63) is 37.5 Å². The Morgan fingerprint density at radius 1 is 1.41 bits per heavy atom. The summed E-state index contributed by atoms with van der Waals surface area (Å²) < 4.78 is 1.56. The van der Waals surface area contributed by atoms with Gasteiger partial charge in [0.05, 0.1) is 25.0 Å². The summed E-state index contributed by atoms with van der Waals surface area (Å²) in [4.78, 5) is 16.5. The summed E-state index contributed by atoms with van der Waals surface area (Å²) >= 11 is 7.96. The van der Waals surface area contributed by atoms with Crippen LogP contribution in [0.4, 0.5) is 11.5 Å². The molecule has 1 amide bonds. The lowest BCUT2D eigenvalue weighted by atomic mass is 10.4. The maximum atomic E-state index is 11.9. The molecule has 7 heteroatoms.